The minimum atomic E-state index is -0.722. The number of carbonyl (C=O) groups is 4. The Morgan fingerprint density at radius 1 is 1.33 bits per heavy atom. The summed E-state index contributed by atoms with van der Waals surface area (Å²) in [6, 6.07) is -0.818. The van der Waals surface area contributed by atoms with E-state index < -0.39 is 11.4 Å². The van der Waals surface area contributed by atoms with Gasteiger partial charge in [-0.2, -0.15) is 5.10 Å². The molecular formula is C19H30N6O5. The third-order valence-electron chi connectivity index (χ3n) is 6.23. The molecule has 2 bridgehead atoms. The average Bonchev–Trinajstić information content (AvgIpc) is 3.37. The van der Waals surface area contributed by atoms with Crippen LogP contribution in [0.4, 0.5) is 4.79 Å². The minimum Gasteiger partial charge on any atom is -0.483 e. The number of hydrogen-bond acceptors (Lipinski definition) is 5. The molecule has 11 heteroatoms. The Morgan fingerprint density at radius 2 is 2.00 bits per heavy atom. The average molecular weight is 422 g/mol. The van der Waals surface area contributed by atoms with E-state index in [4.69, 9.17) is 15.6 Å². The number of hydrogen-bond donors (Lipinski definition) is 5. The number of fused-ring (bicyclic) bond motifs is 2. The summed E-state index contributed by atoms with van der Waals surface area (Å²) in [5.74, 6) is -0.191. The fourth-order valence-electron chi connectivity index (χ4n) is 4.78. The molecule has 2 aliphatic heterocycles. The first kappa shape index (κ1) is 23.2. The van der Waals surface area contributed by atoms with E-state index in [-0.39, 0.29) is 36.9 Å². The number of aromatic nitrogens is 2. The van der Waals surface area contributed by atoms with Gasteiger partial charge in [-0.1, -0.05) is 6.92 Å². The number of nitrogens with zero attached hydrogens (tertiary/aromatic N) is 2. The van der Waals surface area contributed by atoms with Crippen LogP contribution in [-0.4, -0.2) is 63.1 Å². The third-order valence-corrected chi connectivity index (χ3v) is 6.23. The molecule has 2 aliphatic rings. The quantitative estimate of drug-likeness (QED) is 0.409. The second-order valence-electron chi connectivity index (χ2n) is 7.68. The van der Waals surface area contributed by atoms with Gasteiger partial charge in [-0.15, -0.1) is 0 Å². The smallest absolute Gasteiger partial charge is 0.312 e. The van der Waals surface area contributed by atoms with Gasteiger partial charge in [0.2, 0.25) is 11.8 Å². The molecule has 0 aliphatic carbocycles. The monoisotopic (exact) mass is 422 g/mol. The molecule has 166 valence electrons. The van der Waals surface area contributed by atoms with Crippen molar-refractivity contribution in [3.63, 3.8) is 0 Å². The Bertz CT molecular complexity index is 790. The summed E-state index contributed by atoms with van der Waals surface area (Å²) < 4.78 is 0. The van der Waals surface area contributed by atoms with E-state index in [1.165, 1.54) is 0 Å². The summed E-state index contributed by atoms with van der Waals surface area (Å²) in [7, 11) is 0. The van der Waals surface area contributed by atoms with Gasteiger partial charge in [0.25, 0.3) is 6.47 Å². The number of nitrogens with one attached hydrogen (secondary N) is 3. The number of H-pyrrole nitrogens is 1. The maximum Gasteiger partial charge on any atom is 0.312 e. The van der Waals surface area contributed by atoms with Gasteiger partial charge in [-0.3, -0.25) is 19.5 Å². The van der Waals surface area contributed by atoms with Crippen LogP contribution in [0.15, 0.2) is 0 Å². The SMILES string of the molecule is CC[C@]1(C(=O)NCc2c(C)n[nH]c2C)C[C@H]2CC[C@@H]1N2C(=O)CNC(N)=O.O=CO. The molecular weight excluding hydrogens is 392 g/mol. The molecule has 3 rings (SSSR count). The highest BCUT2D eigenvalue weighted by Crippen LogP contribution is 2.51. The van der Waals surface area contributed by atoms with Crippen molar-refractivity contribution < 1.29 is 24.3 Å². The van der Waals surface area contributed by atoms with Crippen molar-refractivity contribution in [2.45, 2.75) is 65.1 Å². The van der Waals surface area contributed by atoms with Crippen LogP contribution in [0, 0.1) is 19.3 Å². The molecule has 2 saturated heterocycles. The Kier molecular flexibility index (Phi) is 7.41. The molecule has 0 saturated carbocycles. The predicted molar refractivity (Wildman–Crippen MR) is 107 cm³/mol. The highest BCUT2D eigenvalue weighted by Gasteiger charge is 2.60. The van der Waals surface area contributed by atoms with E-state index in [0.717, 1.165) is 29.8 Å². The summed E-state index contributed by atoms with van der Waals surface area (Å²) in [6.45, 7) is 5.88. The number of amides is 4. The summed E-state index contributed by atoms with van der Waals surface area (Å²) in [5, 5.41) is 19.4. The zero-order valence-electron chi connectivity index (χ0n) is 17.5. The highest BCUT2D eigenvalue weighted by molar-refractivity contribution is 5.88. The van der Waals surface area contributed by atoms with E-state index in [1.54, 1.807) is 4.90 Å². The maximum absolute atomic E-state index is 13.2. The van der Waals surface area contributed by atoms with Crippen LogP contribution in [0.2, 0.25) is 0 Å². The lowest BCUT2D eigenvalue weighted by atomic mass is 9.71. The highest BCUT2D eigenvalue weighted by atomic mass is 16.3. The van der Waals surface area contributed by atoms with Gasteiger partial charge in [-0.25, -0.2) is 4.79 Å². The zero-order valence-corrected chi connectivity index (χ0v) is 17.5. The largest absolute Gasteiger partial charge is 0.483 e. The van der Waals surface area contributed by atoms with Crippen LogP contribution in [0.25, 0.3) is 0 Å². The van der Waals surface area contributed by atoms with Gasteiger partial charge in [0.05, 0.1) is 17.7 Å². The van der Waals surface area contributed by atoms with Crippen molar-refractivity contribution in [3.05, 3.63) is 17.0 Å². The van der Waals surface area contributed by atoms with Crippen LogP contribution >= 0.6 is 0 Å². The van der Waals surface area contributed by atoms with Crippen LogP contribution < -0.4 is 16.4 Å². The van der Waals surface area contributed by atoms with Crippen LogP contribution in [0.1, 0.15) is 49.6 Å². The maximum atomic E-state index is 13.2. The van der Waals surface area contributed by atoms with Crippen molar-refractivity contribution in [1.29, 1.82) is 0 Å². The first-order valence-electron chi connectivity index (χ1n) is 9.92. The summed E-state index contributed by atoms with van der Waals surface area (Å²) in [4.78, 5) is 46.8. The number of aryl methyl sites for hydroxylation is 2. The fraction of sp³-hybridized carbons (Fsp3) is 0.632. The van der Waals surface area contributed by atoms with Crippen molar-refractivity contribution in [2.24, 2.45) is 11.1 Å². The summed E-state index contributed by atoms with van der Waals surface area (Å²) in [5.41, 5.74) is 7.30. The van der Waals surface area contributed by atoms with Crippen LogP contribution in [0.5, 0.6) is 0 Å². The Hall–Kier alpha value is -3.11. The molecule has 1 aromatic rings. The Morgan fingerprint density at radius 3 is 2.53 bits per heavy atom. The van der Waals surface area contributed by atoms with Crippen LogP contribution in [-0.2, 0) is 20.9 Å². The van der Waals surface area contributed by atoms with Gasteiger partial charge >= 0.3 is 6.03 Å². The Balaban J connectivity index is 0.00000101. The lowest BCUT2D eigenvalue weighted by molar-refractivity contribution is -0.136. The van der Waals surface area contributed by atoms with Crippen molar-refractivity contribution in [2.75, 3.05) is 6.54 Å². The van der Waals surface area contributed by atoms with Crippen molar-refractivity contribution in [1.82, 2.24) is 25.7 Å². The van der Waals surface area contributed by atoms with E-state index >= 15 is 0 Å². The predicted octanol–water partition coefficient (Wildman–Crippen LogP) is 0.172. The van der Waals surface area contributed by atoms with Gasteiger partial charge < -0.3 is 26.4 Å². The van der Waals surface area contributed by atoms with E-state index in [2.05, 4.69) is 20.8 Å². The summed E-state index contributed by atoms with van der Waals surface area (Å²) >= 11 is 0. The number of carbonyl (C=O) groups excluding carboxylic acids is 3. The number of nitrogens with two attached hydrogens (primary N) is 1. The van der Waals surface area contributed by atoms with Gasteiger partial charge in [-0.05, 0) is 39.5 Å². The fourth-order valence-corrected chi connectivity index (χ4v) is 4.78. The van der Waals surface area contributed by atoms with Gasteiger partial charge in [0.1, 0.15) is 0 Å². The van der Waals surface area contributed by atoms with E-state index in [0.29, 0.717) is 19.4 Å². The molecule has 2 fully saturated rings. The topological polar surface area (TPSA) is 171 Å². The second kappa shape index (κ2) is 9.59. The Labute approximate surface area is 174 Å². The van der Waals surface area contributed by atoms with Crippen LogP contribution in [0.3, 0.4) is 0 Å². The second-order valence-corrected chi connectivity index (χ2v) is 7.68. The molecule has 4 amide bonds. The lowest BCUT2D eigenvalue weighted by Gasteiger charge is -2.35. The van der Waals surface area contributed by atoms with E-state index in [9.17, 15) is 14.4 Å². The number of aromatic amines is 1. The number of primary amides is 1. The molecule has 30 heavy (non-hydrogen) atoms. The van der Waals surface area contributed by atoms with Crippen molar-refractivity contribution in [3.8, 4) is 0 Å². The van der Waals surface area contributed by atoms with Gasteiger partial charge in [0.15, 0.2) is 0 Å². The molecule has 0 unspecified atom stereocenters. The van der Waals surface area contributed by atoms with Gasteiger partial charge in [0, 0.05) is 29.9 Å². The third kappa shape index (κ3) is 4.39. The normalized spacial score (nSPS) is 24.0. The molecule has 11 nitrogen and oxygen atoms in total. The first-order valence-corrected chi connectivity index (χ1v) is 9.92. The molecule has 0 spiro atoms. The summed E-state index contributed by atoms with van der Waals surface area (Å²) in [6.07, 6.45) is 3.02. The number of rotatable bonds is 6. The molecule has 3 atom stereocenters. The number of carboxylic acid groups (broad SMARTS) is 1. The van der Waals surface area contributed by atoms with Crippen molar-refractivity contribution >= 4 is 24.3 Å². The lowest BCUT2D eigenvalue weighted by Crippen LogP contribution is -2.51. The molecule has 0 radical (unpaired) electrons. The molecule has 6 N–H and O–H groups in total. The number of urea groups is 1. The molecule has 0 aromatic carbocycles. The molecule has 3 heterocycles. The standard InChI is InChI=1S/C18H28N6O3.CH2O2/c1-4-18(16(26)20-8-13-10(2)22-23-11(13)3)7-12-5-6-14(18)24(12)15(25)9-21-17(19)27;2-1-3/h12,14H,4-9H2,1-3H3,(H,20,26)(H,22,23)(H3,19,21,27);1H,(H,2,3)/t12-,14+,18+;/m1./s1. The zero-order chi connectivity index (χ0) is 22.5. The van der Waals surface area contributed by atoms with E-state index in [1.807, 2.05) is 20.8 Å². The first-order chi connectivity index (χ1) is 14.2. The molecule has 1 aromatic heterocycles. The minimum absolute atomic E-state index is 0.0159.